The third-order valence-corrected chi connectivity index (χ3v) is 6.21. The first-order valence-electron chi connectivity index (χ1n) is 7.80. The summed E-state index contributed by atoms with van der Waals surface area (Å²) < 4.78 is 26.3. The molecule has 0 saturated carbocycles. The predicted octanol–water partition coefficient (Wildman–Crippen LogP) is 3.67. The van der Waals surface area contributed by atoms with E-state index in [2.05, 4.69) is 15.9 Å². The maximum absolute atomic E-state index is 12.8. The molecule has 7 nitrogen and oxygen atoms in total. The van der Waals surface area contributed by atoms with Crippen LogP contribution in [-0.2, 0) is 9.84 Å². The molecule has 0 fully saturated rings. The van der Waals surface area contributed by atoms with Gasteiger partial charge in [-0.15, -0.1) is 0 Å². The van der Waals surface area contributed by atoms with Crippen molar-refractivity contribution in [1.29, 1.82) is 0 Å². The summed E-state index contributed by atoms with van der Waals surface area (Å²) in [5.41, 5.74) is -0.541. The van der Waals surface area contributed by atoms with E-state index in [0.29, 0.717) is 17.6 Å². The molecule has 0 saturated heterocycles. The van der Waals surface area contributed by atoms with E-state index in [1.54, 1.807) is 13.8 Å². The van der Waals surface area contributed by atoms with Crippen LogP contribution in [0.1, 0.15) is 24.2 Å². The first-order chi connectivity index (χ1) is 12.2. The van der Waals surface area contributed by atoms with Crippen LogP contribution in [0.4, 0.5) is 5.69 Å². The fraction of sp³-hybridized carbons (Fsp3) is 0.235. The highest BCUT2D eigenvalue weighted by atomic mass is 79.9. The van der Waals surface area contributed by atoms with E-state index in [0.717, 1.165) is 12.1 Å². The SMILES string of the molecule is CCN(CC)C(=O)c1ccc(S(=O)(=O)c2ccc(Br)cc2)c([N+](=O)[O-])c1. The minimum atomic E-state index is -4.09. The highest BCUT2D eigenvalue weighted by Gasteiger charge is 2.29. The second kappa shape index (κ2) is 7.96. The summed E-state index contributed by atoms with van der Waals surface area (Å²) in [6.07, 6.45) is 0. The van der Waals surface area contributed by atoms with Crippen molar-refractivity contribution >= 4 is 37.4 Å². The minimum absolute atomic E-state index is 0.0633. The molecule has 0 aliphatic carbocycles. The Balaban J connectivity index is 2.58. The van der Waals surface area contributed by atoms with E-state index in [4.69, 9.17) is 0 Å². The van der Waals surface area contributed by atoms with Gasteiger partial charge in [-0.25, -0.2) is 8.42 Å². The van der Waals surface area contributed by atoms with Crippen LogP contribution in [0.2, 0.25) is 0 Å². The molecule has 0 aliphatic rings. The van der Waals surface area contributed by atoms with E-state index in [9.17, 15) is 23.3 Å². The van der Waals surface area contributed by atoms with Crippen LogP contribution < -0.4 is 0 Å². The average molecular weight is 441 g/mol. The van der Waals surface area contributed by atoms with Crippen LogP contribution >= 0.6 is 15.9 Å². The molecule has 2 rings (SSSR count). The van der Waals surface area contributed by atoms with Gasteiger partial charge in [-0.1, -0.05) is 15.9 Å². The summed E-state index contributed by atoms with van der Waals surface area (Å²) >= 11 is 3.21. The van der Waals surface area contributed by atoms with Gasteiger partial charge < -0.3 is 4.90 Å². The molecule has 0 N–H and O–H groups in total. The fourth-order valence-electron chi connectivity index (χ4n) is 2.45. The normalized spacial score (nSPS) is 11.2. The van der Waals surface area contributed by atoms with Gasteiger partial charge in [0.1, 0.15) is 4.90 Å². The lowest BCUT2D eigenvalue weighted by atomic mass is 10.1. The standard InChI is InChI=1S/C17H17BrN2O5S/c1-3-19(4-2)17(21)12-5-10-16(15(11-12)20(22)23)26(24,25)14-8-6-13(18)7-9-14/h5-11H,3-4H2,1-2H3. The Morgan fingerprint density at radius 2 is 1.69 bits per heavy atom. The summed E-state index contributed by atoms with van der Waals surface area (Å²) in [6.45, 7) is 4.48. The number of sulfone groups is 1. The van der Waals surface area contributed by atoms with Gasteiger partial charge in [0.05, 0.1) is 9.82 Å². The molecule has 0 bridgehead atoms. The van der Waals surface area contributed by atoms with Crippen LogP contribution in [0.15, 0.2) is 56.7 Å². The van der Waals surface area contributed by atoms with Crippen LogP contribution in [-0.4, -0.2) is 37.2 Å². The topological polar surface area (TPSA) is 97.6 Å². The number of amides is 1. The van der Waals surface area contributed by atoms with Gasteiger partial charge in [-0.2, -0.15) is 0 Å². The Hall–Kier alpha value is -2.26. The van der Waals surface area contributed by atoms with Crippen LogP contribution in [0.25, 0.3) is 0 Å². The lowest BCUT2D eigenvalue weighted by Gasteiger charge is -2.18. The molecular formula is C17H17BrN2O5S. The van der Waals surface area contributed by atoms with E-state index >= 15 is 0 Å². The quantitative estimate of drug-likeness (QED) is 0.503. The highest BCUT2D eigenvalue weighted by Crippen LogP contribution is 2.31. The largest absolute Gasteiger partial charge is 0.339 e. The Labute approximate surface area is 159 Å². The van der Waals surface area contributed by atoms with Crippen LogP contribution in [0.3, 0.4) is 0 Å². The lowest BCUT2D eigenvalue weighted by Crippen LogP contribution is -2.30. The molecule has 9 heteroatoms. The molecule has 0 atom stereocenters. The number of nitro benzene ring substituents is 1. The summed E-state index contributed by atoms with van der Waals surface area (Å²) in [6, 6.07) is 9.24. The predicted molar refractivity (Wildman–Crippen MR) is 99.9 cm³/mol. The number of carbonyl (C=O) groups excluding carboxylic acids is 1. The second-order valence-electron chi connectivity index (χ2n) is 5.37. The molecule has 0 unspecified atom stereocenters. The average Bonchev–Trinajstić information content (AvgIpc) is 2.62. The highest BCUT2D eigenvalue weighted by molar-refractivity contribution is 9.10. The smallest absolute Gasteiger partial charge is 0.289 e. The number of nitrogens with zero attached hydrogens (tertiary/aromatic N) is 2. The minimum Gasteiger partial charge on any atom is -0.339 e. The van der Waals surface area contributed by atoms with Crippen molar-refractivity contribution < 1.29 is 18.1 Å². The van der Waals surface area contributed by atoms with E-state index in [1.807, 2.05) is 0 Å². The third kappa shape index (κ3) is 3.94. The Kier molecular flexibility index (Phi) is 6.14. The molecule has 0 spiro atoms. The second-order valence-corrected chi connectivity index (χ2v) is 8.21. The molecule has 2 aromatic rings. The molecule has 0 aliphatic heterocycles. The van der Waals surface area contributed by atoms with Gasteiger partial charge in [-0.05, 0) is 50.2 Å². The summed E-state index contributed by atoms with van der Waals surface area (Å²) in [5.74, 6) is -0.384. The number of carbonyl (C=O) groups is 1. The van der Waals surface area contributed by atoms with Crippen molar-refractivity contribution in [3.05, 3.63) is 62.6 Å². The third-order valence-electron chi connectivity index (χ3n) is 3.87. The number of hydrogen-bond donors (Lipinski definition) is 0. The zero-order valence-electron chi connectivity index (χ0n) is 14.2. The van der Waals surface area contributed by atoms with Gasteiger partial charge in [0, 0.05) is 29.2 Å². The zero-order chi connectivity index (χ0) is 19.5. The lowest BCUT2D eigenvalue weighted by molar-refractivity contribution is -0.387. The van der Waals surface area contributed by atoms with Gasteiger partial charge >= 0.3 is 0 Å². The van der Waals surface area contributed by atoms with Gasteiger partial charge in [0.25, 0.3) is 11.6 Å². The van der Waals surface area contributed by atoms with Gasteiger partial charge in [0.15, 0.2) is 0 Å². The number of hydrogen-bond acceptors (Lipinski definition) is 5. The Morgan fingerprint density at radius 3 is 2.19 bits per heavy atom. The number of rotatable bonds is 6. The fourth-order valence-corrected chi connectivity index (χ4v) is 4.12. The number of halogens is 1. The molecule has 1 amide bonds. The van der Waals surface area contributed by atoms with Crippen molar-refractivity contribution in [2.24, 2.45) is 0 Å². The molecule has 0 radical (unpaired) electrons. The monoisotopic (exact) mass is 440 g/mol. The summed E-state index contributed by atoms with van der Waals surface area (Å²) in [7, 11) is -4.09. The van der Waals surface area contributed by atoms with Crippen LogP contribution in [0.5, 0.6) is 0 Å². The summed E-state index contributed by atoms with van der Waals surface area (Å²) in [4.78, 5) is 24.1. The van der Waals surface area contributed by atoms with Crippen LogP contribution in [0, 0.1) is 10.1 Å². The van der Waals surface area contributed by atoms with Gasteiger partial charge in [-0.3, -0.25) is 14.9 Å². The first kappa shape index (κ1) is 20.1. The van der Waals surface area contributed by atoms with Crippen molar-refractivity contribution in [3.8, 4) is 0 Å². The van der Waals surface area contributed by atoms with E-state index in [-0.39, 0.29) is 16.4 Å². The molecule has 0 heterocycles. The first-order valence-corrected chi connectivity index (χ1v) is 10.1. The van der Waals surface area contributed by atoms with E-state index < -0.39 is 25.3 Å². The molecule has 2 aromatic carbocycles. The van der Waals surface area contributed by atoms with Crippen molar-refractivity contribution in [3.63, 3.8) is 0 Å². The maximum Gasteiger partial charge on any atom is 0.289 e. The summed E-state index contributed by atoms with van der Waals surface area (Å²) in [5, 5.41) is 11.4. The maximum atomic E-state index is 12.8. The van der Waals surface area contributed by atoms with Crippen molar-refractivity contribution in [2.45, 2.75) is 23.6 Å². The Morgan fingerprint density at radius 1 is 1.12 bits per heavy atom. The van der Waals surface area contributed by atoms with Crippen molar-refractivity contribution in [1.82, 2.24) is 4.90 Å². The molecule has 26 heavy (non-hydrogen) atoms. The Bertz CT molecular complexity index is 938. The molecule has 138 valence electrons. The van der Waals surface area contributed by atoms with Gasteiger partial charge in [0.2, 0.25) is 9.84 Å². The number of benzene rings is 2. The molecule has 0 aromatic heterocycles. The van der Waals surface area contributed by atoms with Crippen molar-refractivity contribution in [2.75, 3.05) is 13.1 Å². The number of nitro groups is 1. The molecular weight excluding hydrogens is 424 g/mol. The van der Waals surface area contributed by atoms with E-state index in [1.165, 1.54) is 35.2 Å². The zero-order valence-corrected chi connectivity index (χ0v) is 16.6.